The Hall–Kier alpha value is -2.22. The van der Waals surface area contributed by atoms with E-state index in [-0.39, 0.29) is 23.4 Å². The van der Waals surface area contributed by atoms with E-state index >= 15 is 0 Å². The van der Waals surface area contributed by atoms with Crippen LogP contribution in [-0.2, 0) is 21.2 Å². The molecule has 0 spiro atoms. The van der Waals surface area contributed by atoms with Crippen LogP contribution in [0.25, 0.3) is 0 Å². The maximum atomic E-state index is 12.9. The summed E-state index contributed by atoms with van der Waals surface area (Å²) in [5.41, 5.74) is 2.53. The molecule has 3 rings (SSSR count). The molecule has 138 valence electrons. The minimum absolute atomic E-state index is 0.0685. The molecule has 6 nitrogen and oxygen atoms in total. The highest BCUT2D eigenvalue weighted by Gasteiger charge is 2.31. The van der Waals surface area contributed by atoms with E-state index in [2.05, 4.69) is 4.72 Å². The molecule has 2 aromatic rings. The standard InChI is InChI=1S/C19H22N2O4S/c1-14-13-16-5-3-4-6-18(16)21(14)19(22)15-7-9-17(10-8-15)26(23,24)20-11-12-25-2/h3-10,14,20H,11-13H2,1-2H3/t14-/m0/s1. The zero-order chi connectivity index (χ0) is 18.7. The Morgan fingerprint density at radius 1 is 1.19 bits per heavy atom. The second-order valence-corrected chi connectivity index (χ2v) is 8.04. The highest BCUT2D eigenvalue weighted by Crippen LogP contribution is 2.33. The van der Waals surface area contributed by atoms with E-state index in [1.54, 1.807) is 17.0 Å². The first-order chi connectivity index (χ1) is 12.4. The first-order valence-corrected chi connectivity index (χ1v) is 9.92. The van der Waals surface area contributed by atoms with Crippen LogP contribution in [0.15, 0.2) is 53.4 Å². The van der Waals surface area contributed by atoms with E-state index in [4.69, 9.17) is 4.74 Å². The number of anilines is 1. The molecule has 0 fully saturated rings. The second-order valence-electron chi connectivity index (χ2n) is 6.27. The monoisotopic (exact) mass is 374 g/mol. The number of sulfonamides is 1. The molecular weight excluding hydrogens is 352 g/mol. The van der Waals surface area contributed by atoms with Crippen molar-refractivity contribution in [2.45, 2.75) is 24.3 Å². The summed E-state index contributed by atoms with van der Waals surface area (Å²) in [4.78, 5) is 14.8. The minimum atomic E-state index is -3.61. The number of carbonyl (C=O) groups excluding carboxylic acids is 1. The first kappa shape index (κ1) is 18.6. The lowest BCUT2D eigenvalue weighted by Crippen LogP contribution is -2.35. The van der Waals surface area contributed by atoms with E-state index in [0.29, 0.717) is 12.2 Å². The number of ether oxygens (including phenoxy) is 1. The highest BCUT2D eigenvalue weighted by atomic mass is 32.2. The molecule has 1 amide bonds. The van der Waals surface area contributed by atoms with Crippen LogP contribution in [0, 0.1) is 0 Å². The Labute approximate surface area is 153 Å². The molecule has 0 aliphatic carbocycles. The van der Waals surface area contributed by atoms with E-state index < -0.39 is 10.0 Å². The third kappa shape index (κ3) is 3.65. The summed E-state index contributed by atoms with van der Waals surface area (Å²) in [6.07, 6.45) is 0.817. The fourth-order valence-electron chi connectivity index (χ4n) is 3.15. The van der Waals surface area contributed by atoms with Gasteiger partial charge in [0.05, 0.1) is 11.5 Å². The number of fused-ring (bicyclic) bond motifs is 1. The molecule has 1 aliphatic rings. The highest BCUT2D eigenvalue weighted by molar-refractivity contribution is 7.89. The zero-order valence-corrected chi connectivity index (χ0v) is 15.6. The lowest BCUT2D eigenvalue weighted by atomic mass is 10.1. The summed E-state index contributed by atoms with van der Waals surface area (Å²) >= 11 is 0. The van der Waals surface area contributed by atoms with Gasteiger partial charge in [-0.15, -0.1) is 0 Å². The lowest BCUT2D eigenvalue weighted by Gasteiger charge is -2.23. The third-order valence-corrected chi connectivity index (χ3v) is 5.91. The molecule has 0 aromatic heterocycles. The van der Waals surface area contributed by atoms with Crippen molar-refractivity contribution >= 4 is 21.6 Å². The quantitative estimate of drug-likeness (QED) is 0.787. The summed E-state index contributed by atoms with van der Waals surface area (Å²) in [5, 5.41) is 0. The van der Waals surface area contributed by atoms with Crippen molar-refractivity contribution in [3.8, 4) is 0 Å². The molecule has 0 unspecified atom stereocenters. The topological polar surface area (TPSA) is 75.7 Å². The van der Waals surface area contributed by atoms with Crippen molar-refractivity contribution in [2.24, 2.45) is 0 Å². The Balaban J connectivity index is 1.80. The second kappa shape index (κ2) is 7.57. The molecule has 7 heteroatoms. The van der Waals surface area contributed by atoms with Gasteiger partial charge in [-0.1, -0.05) is 18.2 Å². The van der Waals surface area contributed by atoms with Gasteiger partial charge in [-0.3, -0.25) is 4.79 Å². The molecule has 1 heterocycles. The van der Waals surface area contributed by atoms with Crippen molar-refractivity contribution < 1.29 is 17.9 Å². The van der Waals surface area contributed by atoms with Crippen LogP contribution in [0.2, 0.25) is 0 Å². The molecular formula is C19H22N2O4S. The largest absolute Gasteiger partial charge is 0.383 e. The molecule has 0 saturated heterocycles. The van der Waals surface area contributed by atoms with Crippen molar-refractivity contribution in [2.75, 3.05) is 25.2 Å². The molecule has 2 aromatic carbocycles. The lowest BCUT2D eigenvalue weighted by molar-refractivity contribution is 0.0981. The van der Waals surface area contributed by atoms with Gasteiger partial charge >= 0.3 is 0 Å². The predicted octanol–water partition coefficient (Wildman–Crippen LogP) is 2.20. The number of amides is 1. The molecule has 0 bridgehead atoms. The number of carbonyl (C=O) groups is 1. The predicted molar refractivity (Wildman–Crippen MR) is 99.9 cm³/mol. The fourth-order valence-corrected chi connectivity index (χ4v) is 4.17. The van der Waals surface area contributed by atoms with Crippen LogP contribution in [0.4, 0.5) is 5.69 Å². The van der Waals surface area contributed by atoms with Crippen LogP contribution < -0.4 is 9.62 Å². The van der Waals surface area contributed by atoms with Gasteiger partial charge in [0.1, 0.15) is 0 Å². The number of rotatable bonds is 6. The van der Waals surface area contributed by atoms with Gasteiger partial charge in [0.25, 0.3) is 5.91 Å². The average Bonchev–Trinajstić information content (AvgIpc) is 2.97. The SMILES string of the molecule is COCCNS(=O)(=O)c1ccc(C(=O)N2c3ccccc3C[C@@H]2C)cc1. The van der Waals surface area contributed by atoms with Crippen LogP contribution in [0.3, 0.4) is 0 Å². The average molecular weight is 374 g/mol. The molecule has 1 atom stereocenters. The van der Waals surface area contributed by atoms with Gasteiger partial charge in [0.2, 0.25) is 10.0 Å². The number of hydrogen-bond donors (Lipinski definition) is 1. The van der Waals surface area contributed by atoms with Crippen LogP contribution in [0.1, 0.15) is 22.8 Å². The zero-order valence-electron chi connectivity index (χ0n) is 14.8. The van der Waals surface area contributed by atoms with Gasteiger partial charge in [0.15, 0.2) is 0 Å². The van der Waals surface area contributed by atoms with Crippen LogP contribution >= 0.6 is 0 Å². The van der Waals surface area contributed by atoms with E-state index in [1.165, 1.54) is 19.2 Å². The Kier molecular flexibility index (Phi) is 5.41. The molecule has 1 aliphatic heterocycles. The normalized spacial score (nSPS) is 16.5. The molecule has 1 N–H and O–H groups in total. The third-order valence-electron chi connectivity index (χ3n) is 4.44. The van der Waals surface area contributed by atoms with Crippen LogP contribution in [0.5, 0.6) is 0 Å². The molecule has 0 saturated carbocycles. The van der Waals surface area contributed by atoms with Gasteiger partial charge in [-0.2, -0.15) is 0 Å². The smallest absolute Gasteiger partial charge is 0.258 e. The van der Waals surface area contributed by atoms with Gasteiger partial charge in [0, 0.05) is 30.9 Å². The van der Waals surface area contributed by atoms with E-state index in [1.807, 2.05) is 31.2 Å². The van der Waals surface area contributed by atoms with E-state index in [0.717, 1.165) is 17.7 Å². The number of benzene rings is 2. The number of para-hydroxylation sites is 1. The summed E-state index contributed by atoms with van der Waals surface area (Å²) in [6, 6.07) is 13.9. The maximum Gasteiger partial charge on any atom is 0.258 e. The van der Waals surface area contributed by atoms with Gasteiger partial charge < -0.3 is 9.64 Å². The fraction of sp³-hybridized carbons (Fsp3) is 0.316. The Morgan fingerprint density at radius 2 is 1.88 bits per heavy atom. The van der Waals surface area contributed by atoms with Crippen molar-refractivity contribution in [1.82, 2.24) is 4.72 Å². The summed E-state index contributed by atoms with van der Waals surface area (Å²) < 4.78 is 31.7. The Morgan fingerprint density at radius 3 is 2.58 bits per heavy atom. The summed E-state index contributed by atoms with van der Waals surface area (Å²) in [5.74, 6) is -0.126. The minimum Gasteiger partial charge on any atom is -0.383 e. The van der Waals surface area contributed by atoms with Crippen LogP contribution in [-0.4, -0.2) is 40.6 Å². The van der Waals surface area contributed by atoms with E-state index in [9.17, 15) is 13.2 Å². The molecule has 26 heavy (non-hydrogen) atoms. The number of methoxy groups -OCH3 is 1. The molecule has 0 radical (unpaired) electrons. The van der Waals surface area contributed by atoms with Crippen molar-refractivity contribution in [1.29, 1.82) is 0 Å². The van der Waals surface area contributed by atoms with Crippen molar-refractivity contribution in [3.05, 3.63) is 59.7 Å². The van der Waals surface area contributed by atoms with Gasteiger partial charge in [-0.05, 0) is 49.2 Å². The number of hydrogen-bond acceptors (Lipinski definition) is 4. The summed E-state index contributed by atoms with van der Waals surface area (Å²) in [7, 11) is -2.10. The number of nitrogens with zero attached hydrogens (tertiary/aromatic N) is 1. The number of nitrogens with one attached hydrogen (secondary N) is 1. The first-order valence-electron chi connectivity index (χ1n) is 8.44. The maximum absolute atomic E-state index is 12.9. The Bertz CT molecular complexity index is 894. The van der Waals surface area contributed by atoms with Crippen molar-refractivity contribution in [3.63, 3.8) is 0 Å². The van der Waals surface area contributed by atoms with Gasteiger partial charge in [-0.25, -0.2) is 13.1 Å². The summed E-state index contributed by atoms with van der Waals surface area (Å²) in [6.45, 7) is 2.50.